The highest BCUT2D eigenvalue weighted by atomic mass is 16.4. The third-order valence-electron chi connectivity index (χ3n) is 3.96. The van der Waals surface area contributed by atoms with Crippen LogP contribution in [0.4, 0.5) is 0 Å². The van der Waals surface area contributed by atoms with Crippen LogP contribution in [0.25, 0.3) is 0 Å². The molecule has 0 saturated heterocycles. The summed E-state index contributed by atoms with van der Waals surface area (Å²) in [7, 11) is 0. The van der Waals surface area contributed by atoms with Crippen molar-refractivity contribution in [1.82, 2.24) is 0 Å². The van der Waals surface area contributed by atoms with Crippen molar-refractivity contribution in [3.63, 3.8) is 0 Å². The largest absolute Gasteiger partial charge is 0.481 e. The molecule has 1 aromatic carbocycles. The van der Waals surface area contributed by atoms with Crippen LogP contribution in [-0.2, 0) is 16.0 Å². The van der Waals surface area contributed by atoms with E-state index < -0.39 is 28.8 Å². The highest BCUT2D eigenvalue weighted by Gasteiger charge is 2.47. The third-order valence-corrected chi connectivity index (χ3v) is 3.96. The van der Waals surface area contributed by atoms with Crippen molar-refractivity contribution >= 4 is 11.9 Å². The zero-order chi connectivity index (χ0) is 16.3. The molecule has 0 aromatic heterocycles. The van der Waals surface area contributed by atoms with E-state index in [4.69, 9.17) is 5.73 Å². The van der Waals surface area contributed by atoms with E-state index >= 15 is 0 Å². The second-order valence-corrected chi connectivity index (χ2v) is 6.46. The SMILES string of the molecule is CC(C)(C)[C@@](N)(C[C@@H](Cc1ccccc1)C(=O)O)C(=O)O. The van der Waals surface area contributed by atoms with Gasteiger partial charge in [-0.2, -0.15) is 0 Å². The molecule has 0 fully saturated rings. The molecule has 4 N–H and O–H groups in total. The lowest BCUT2D eigenvalue weighted by atomic mass is 9.69. The standard InChI is InChI=1S/C16H23NO4/c1-15(2,3)16(17,14(20)21)10-12(13(18)19)9-11-7-5-4-6-8-11/h4-8,12H,9-10,17H2,1-3H3,(H,18,19)(H,20,21)/t12-,16-/m1/s1. The minimum atomic E-state index is -1.59. The number of carboxylic acid groups (broad SMARTS) is 2. The summed E-state index contributed by atoms with van der Waals surface area (Å²) in [6, 6.07) is 9.15. The van der Waals surface area contributed by atoms with Crippen LogP contribution in [-0.4, -0.2) is 27.7 Å². The normalized spacial score (nSPS) is 16.0. The lowest BCUT2D eigenvalue weighted by Gasteiger charge is -2.39. The molecule has 116 valence electrons. The van der Waals surface area contributed by atoms with E-state index in [1.807, 2.05) is 30.3 Å². The molecular formula is C16H23NO4. The summed E-state index contributed by atoms with van der Waals surface area (Å²) in [6.45, 7) is 5.13. The lowest BCUT2D eigenvalue weighted by molar-refractivity contribution is -0.151. The molecule has 0 unspecified atom stereocenters. The molecule has 1 rings (SSSR count). The van der Waals surface area contributed by atoms with Gasteiger partial charge in [-0.15, -0.1) is 0 Å². The number of aliphatic carboxylic acids is 2. The minimum absolute atomic E-state index is 0.115. The van der Waals surface area contributed by atoms with Crippen molar-refractivity contribution in [3.05, 3.63) is 35.9 Å². The molecule has 0 aliphatic heterocycles. The van der Waals surface area contributed by atoms with Crippen LogP contribution in [0.15, 0.2) is 30.3 Å². The van der Waals surface area contributed by atoms with E-state index in [1.54, 1.807) is 20.8 Å². The van der Waals surface area contributed by atoms with Crippen molar-refractivity contribution in [3.8, 4) is 0 Å². The van der Waals surface area contributed by atoms with Gasteiger partial charge in [-0.05, 0) is 23.8 Å². The second-order valence-electron chi connectivity index (χ2n) is 6.46. The Morgan fingerprint density at radius 1 is 1.14 bits per heavy atom. The summed E-state index contributed by atoms with van der Waals surface area (Å²) in [6.07, 6.45) is 0.147. The summed E-state index contributed by atoms with van der Waals surface area (Å²) in [5, 5.41) is 18.8. The summed E-state index contributed by atoms with van der Waals surface area (Å²) in [4.78, 5) is 23.0. The highest BCUT2D eigenvalue weighted by Crippen LogP contribution is 2.35. The quantitative estimate of drug-likeness (QED) is 0.746. The Labute approximate surface area is 124 Å². The predicted octanol–water partition coefficient (Wildman–Crippen LogP) is 2.15. The van der Waals surface area contributed by atoms with Crippen LogP contribution in [0.1, 0.15) is 32.8 Å². The zero-order valence-electron chi connectivity index (χ0n) is 12.7. The van der Waals surface area contributed by atoms with Gasteiger partial charge in [0, 0.05) is 0 Å². The summed E-state index contributed by atoms with van der Waals surface area (Å²) < 4.78 is 0. The van der Waals surface area contributed by atoms with Crippen LogP contribution in [0.5, 0.6) is 0 Å². The van der Waals surface area contributed by atoms with Crippen molar-refractivity contribution in [2.45, 2.75) is 39.2 Å². The molecule has 1 aromatic rings. The molecule has 5 heteroatoms. The van der Waals surface area contributed by atoms with E-state index in [0.29, 0.717) is 0 Å². The zero-order valence-corrected chi connectivity index (χ0v) is 12.7. The first-order chi connectivity index (χ1) is 9.58. The van der Waals surface area contributed by atoms with Crippen LogP contribution in [0, 0.1) is 11.3 Å². The molecule has 0 amide bonds. The van der Waals surface area contributed by atoms with Gasteiger partial charge in [0.1, 0.15) is 5.54 Å². The van der Waals surface area contributed by atoms with Crippen molar-refractivity contribution in [1.29, 1.82) is 0 Å². The molecule has 0 aliphatic carbocycles. The first-order valence-corrected chi connectivity index (χ1v) is 6.87. The van der Waals surface area contributed by atoms with E-state index in [2.05, 4.69) is 0 Å². The molecule has 0 radical (unpaired) electrons. The van der Waals surface area contributed by atoms with E-state index in [1.165, 1.54) is 0 Å². The average molecular weight is 293 g/mol. The fraction of sp³-hybridized carbons (Fsp3) is 0.500. The number of carboxylic acids is 2. The van der Waals surface area contributed by atoms with Crippen molar-refractivity contribution in [2.24, 2.45) is 17.1 Å². The highest BCUT2D eigenvalue weighted by molar-refractivity contribution is 5.81. The lowest BCUT2D eigenvalue weighted by Crippen LogP contribution is -2.59. The Morgan fingerprint density at radius 2 is 1.67 bits per heavy atom. The van der Waals surface area contributed by atoms with E-state index in [0.717, 1.165) is 5.56 Å². The molecule has 0 aliphatic rings. The predicted molar refractivity (Wildman–Crippen MR) is 79.9 cm³/mol. The number of hydrogen-bond acceptors (Lipinski definition) is 3. The number of hydrogen-bond donors (Lipinski definition) is 3. The summed E-state index contributed by atoms with van der Waals surface area (Å²) in [5.41, 5.74) is 4.56. The minimum Gasteiger partial charge on any atom is -0.481 e. The van der Waals surface area contributed by atoms with Crippen LogP contribution in [0.3, 0.4) is 0 Å². The first kappa shape index (κ1) is 17.2. The van der Waals surface area contributed by atoms with Crippen molar-refractivity contribution in [2.75, 3.05) is 0 Å². The van der Waals surface area contributed by atoms with Crippen LogP contribution >= 0.6 is 0 Å². The third kappa shape index (κ3) is 4.04. The van der Waals surface area contributed by atoms with Gasteiger partial charge in [-0.25, -0.2) is 0 Å². The van der Waals surface area contributed by atoms with E-state index in [9.17, 15) is 19.8 Å². The Morgan fingerprint density at radius 3 is 2.05 bits per heavy atom. The number of carbonyl (C=O) groups is 2. The fourth-order valence-electron chi connectivity index (χ4n) is 2.25. The molecule has 0 heterocycles. The van der Waals surface area contributed by atoms with Gasteiger partial charge in [0.05, 0.1) is 5.92 Å². The number of nitrogens with two attached hydrogens (primary N) is 1. The maximum Gasteiger partial charge on any atom is 0.324 e. The average Bonchev–Trinajstić information content (AvgIpc) is 2.37. The second kappa shape index (κ2) is 6.26. The molecule has 0 spiro atoms. The molecular weight excluding hydrogens is 270 g/mol. The number of benzene rings is 1. The summed E-state index contributed by atoms with van der Waals surface area (Å²) in [5.74, 6) is -3.04. The van der Waals surface area contributed by atoms with E-state index in [-0.39, 0.29) is 12.8 Å². The Hall–Kier alpha value is -1.88. The van der Waals surface area contributed by atoms with Gasteiger partial charge in [-0.3, -0.25) is 9.59 Å². The Bertz CT molecular complexity index is 507. The van der Waals surface area contributed by atoms with Crippen molar-refractivity contribution < 1.29 is 19.8 Å². The topological polar surface area (TPSA) is 101 Å². The molecule has 21 heavy (non-hydrogen) atoms. The smallest absolute Gasteiger partial charge is 0.324 e. The van der Waals surface area contributed by atoms with Gasteiger partial charge in [0.15, 0.2) is 0 Å². The first-order valence-electron chi connectivity index (χ1n) is 6.87. The molecule has 5 nitrogen and oxygen atoms in total. The Kier molecular flexibility index (Phi) is 5.12. The molecule has 0 saturated carbocycles. The summed E-state index contributed by atoms with van der Waals surface area (Å²) >= 11 is 0. The van der Waals surface area contributed by atoms with Crippen LogP contribution < -0.4 is 5.73 Å². The van der Waals surface area contributed by atoms with Gasteiger partial charge < -0.3 is 15.9 Å². The Balaban J connectivity index is 3.02. The van der Waals surface area contributed by atoms with Gasteiger partial charge in [0.25, 0.3) is 0 Å². The fourth-order valence-corrected chi connectivity index (χ4v) is 2.25. The molecule has 2 atom stereocenters. The molecule has 0 bridgehead atoms. The number of rotatable bonds is 6. The maximum absolute atomic E-state index is 11.6. The van der Waals surface area contributed by atoms with Gasteiger partial charge >= 0.3 is 11.9 Å². The van der Waals surface area contributed by atoms with Gasteiger partial charge in [-0.1, -0.05) is 51.1 Å². The van der Waals surface area contributed by atoms with Crippen LogP contribution in [0.2, 0.25) is 0 Å². The maximum atomic E-state index is 11.6. The van der Waals surface area contributed by atoms with Gasteiger partial charge in [0.2, 0.25) is 0 Å². The monoisotopic (exact) mass is 293 g/mol.